The number of hydrogen-bond acceptors (Lipinski definition) is 3. The summed E-state index contributed by atoms with van der Waals surface area (Å²) in [5, 5.41) is 3.38. The minimum Gasteiger partial charge on any atom is -0.497 e. The molecule has 1 aromatic carbocycles. The molecule has 1 saturated heterocycles. The van der Waals surface area contributed by atoms with Gasteiger partial charge in [-0.15, -0.1) is 0 Å². The van der Waals surface area contributed by atoms with Crippen molar-refractivity contribution in [3.05, 3.63) is 29.8 Å². The van der Waals surface area contributed by atoms with Crippen LogP contribution in [0.1, 0.15) is 44.1 Å². The predicted octanol–water partition coefficient (Wildman–Crippen LogP) is 3.25. The van der Waals surface area contributed by atoms with Gasteiger partial charge in [0.05, 0.1) is 12.5 Å². The lowest BCUT2D eigenvalue weighted by atomic mass is 9.68. The summed E-state index contributed by atoms with van der Waals surface area (Å²) in [5.41, 5.74) is 1.05. The number of nitrogens with one attached hydrogen (secondary N) is 1. The Bertz CT molecular complexity index is 661. The smallest absolute Gasteiger partial charge is 0.229 e. The Labute approximate surface area is 157 Å². The van der Waals surface area contributed by atoms with Crippen LogP contribution in [0.15, 0.2) is 24.3 Å². The molecule has 4 unspecified atom stereocenters. The number of benzene rings is 1. The van der Waals surface area contributed by atoms with Crippen LogP contribution in [0.4, 0.5) is 0 Å². The van der Waals surface area contributed by atoms with Crippen LogP contribution in [0, 0.1) is 17.3 Å². The van der Waals surface area contributed by atoms with Crippen LogP contribution in [0.5, 0.6) is 5.75 Å². The summed E-state index contributed by atoms with van der Waals surface area (Å²) in [6, 6.07) is 8.77. The number of ether oxygens (including phenoxy) is 1. The Morgan fingerprint density at radius 3 is 2.92 bits per heavy atom. The molecule has 1 amide bonds. The third-order valence-electron chi connectivity index (χ3n) is 7.17. The van der Waals surface area contributed by atoms with E-state index in [1.54, 1.807) is 7.11 Å². The van der Waals surface area contributed by atoms with E-state index in [4.69, 9.17) is 4.74 Å². The molecule has 1 aliphatic heterocycles. The summed E-state index contributed by atoms with van der Waals surface area (Å²) in [6.45, 7) is 1.79. The fourth-order valence-corrected chi connectivity index (χ4v) is 5.86. The van der Waals surface area contributed by atoms with E-state index in [1.807, 2.05) is 13.1 Å². The molecular weight excluding hydrogens is 324 g/mol. The Kier molecular flexibility index (Phi) is 4.96. The molecule has 0 spiro atoms. The van der Waals surface area contributed by atoms with Crippen LogP contribution in [-0.2, 0) is 11.2 Å². The lowest BCUT2D eigenvalue weighted by Gasteiger charge is -2.43. The number of methoxy groups -OCH3 is 1. The molecule has 1 N–H and O–H groups in total. The van der Waals surface area contributed by atoms with Crippen molar-refractivity contribution in [3.63, 3.8) is 0 Å². The van der Waals surface area contributed by atoms with Crippen LogP contribution < -0.4 is 10.1 Å². The highest BCUT2D eigenvalue weighted by atomic mass is 16.5. The summed E-state index contributed by atoms with van der Waals surface area (Å²) in [7, 11) is 3.73. The number of fused-ring (bicyclic) bond motifs is 2. The maximum Gasteiger partial charge on any atom is 0.229 e. The first-order valence-electron chi connectivity index (χ1n) is 10.2. The Hall–Kier alpha value is -1.55. The highest BCUT2D eigenvalue weighted by Crippen LogP contribution is 2.58. The van der Waals surface area contributed by atoms with Gasteiger partial charge in [-0.3, -0.25) is 4.79 Å². The maximum absolute atomic E-state index is 13.8. The van der Waals surface area contributed by atoms with E-state index in [0.29, 0.717) is 17.9 Å². The minimum absolute atomic E-state index is 0.190. The monoisotopic (exact) mass is 356 g/mol. The Balaban J connectivity index is 1.61. The largest absolute Gasteiger partial charge is 0.497 e. The number of amides is 1. The number of likely N-dealkylation sites (N-methyl/N-ethyl adjacent to an activating group) is 1. The summed E-state index contributed by atoms with van der Waals surface area (Å²) in [5.74, 6) is 2.62. The van der Waals surface area contributed by atoms with Crippen molar-refractivity contribution in [2.24, 2.45) is 17.3 Å². The van der Waals surface area contributed by atoms with Gasteiger partial charge in [0.15, 0.2) is 0 Å². The fraction of sp³-hybridized carbons (Fsp3) is 0.682. The third-order valence-corrected chi connectivity index (χ3v) is 7.17. The molecule has 3 fully saturated rings. The standard InChI is InChI=1S/C22H32N2O2/c1-23-19-6-4-10-24(15-19)21(25)22(14-17-8-9-18(22)11-17)13-16-5-3-7-20(12-16)26-2/h3,5,7,12,17-19,23H,4,6,8-11,13-15H2,1-2H3. The lowest BCUT2D eigenvalue weighted by molar-refractivity contribution is -0.147. The quantitative estimate of drug-likeness (QED) is 0.880. The van der Waals surface area contributed by atoms with Crippen molar-refractivity contribution in [1.29, 1.82) is 0 Å². The molecule has 0 aromatic heterocycles. The van der Waals surface area contributed by atoms with Crippen molar-refractivity contribution >= 4 is 5.91 Å². The molecule has 4 heteroatoms. The van der Waals surface area contributed by atoms with Crippen molar-refractivity contribution in [2.75, 3.05) is 27.2 Å². The number of piperidine rings is 1. The van der Waals surface area contributed by atoms with Gasteiger partial charge in [0.2, 0.25) is 5.91 Å². The van der Waals surface area contributed by atoms with E-state index in [0.717, 1.165) is 44.0 Å². The highest BCUT2D eigenvalue weighted by molar-refractivity contribution is 5.84. The number of nitrogens with zero attached hydrogens (tertiary/aromatic N) is 1. The van der Waals surface area contributed by atoms with Crippen LogP contribution in [0.25, 0.3) is 0 Å². The first kappa shape index (κ1) is 17.8. The van der Waals surface area contributed by atoms with E-state index in [1.165, 1.54) is 31.2 Å². The lowest BCUT2D eigenvalue weighted by Crippen LogP contribution is -2.54. The van der Waals surface area contributed by atoms with E-state index >= 15 is 0 Å². The van der Waals surface area contributed by atoms with Gasteiger partial charge in [-0.1, -0.05) is 18.6 Å². The number of rotatable bonds is 5. The fourth-order valence-electron chi connectivity index (χ4n) is 5.86. The average Bonchev–Trinajstić information content (AvgIpc) is 3.29. The molecule has 4 atom stereocenters. The maximum atomic E-state index is 13.8. The Morgan fingerprint density at radius 2 is 2.23 bits per heavy atom. The van der Waals surface area contributed by atoms with Gasteiger partial charge in [0, 0.05) is 19.1 Å². The molecule has 0 radical (unpaired) electrons. The van der Waals surface area contributed by atoms with Gasteiger partial charge in [-0.05, 0) is 75.1 Å². The second-order valence-corrected chi connectivity index (χ2v) is 8.64. The molecule has 2 saturated carbocycles. The molecule has 4 rings (SSSR count). The molecule has 3 aliphatic rings. The first-order chi connectivity index (χ1) is 12.6. The van der Waals surface area contributed by atoms with Crippen molar-refractivity contribution in [1.82, 2.24) is 10.2 Å². The SMILES string of the molecule is CNC1CCCN(C(=O)C2(Cc3cccc(OC)c3)CC3CCC2C3)C1. The van der Waals surface area contributed by atoms with Gasteiger partial charge >= 0.3 is 0 Å². The summed E-state index contributed by atoms with van der Waals surface area (Å²) in [6.07, 6.45) is 8.02. The second-order valence-electron chi connectivity index (χ2n) is 8.64. The Morgan fingerprint density at radius 1 is 1.35 bits per heavy atom. The van der Waals surface area contributed by atoms with Gasteiger partial charge < -0.3 is 15.0 Å². The topological polar surface area (TPSA) is 41.6 Å². The zero-order valence-electron chi connectivity index (χ0n) is 16.2. The molecule has 2 aliphatic carbocycles. The number of carbonyl (C=O) groups excluding carboxylic acids is 1. The normalized spacial score (nSPS) is 33.5. The van der Waals surface area contributed by atoms with Gasteiger partial charge in [0.1, 0.15) is 5.75 Å². The number of likely N-dealkylation sites (tertiary alicyclic amines) is 1. The molecule has 26 heavy (non-hydrogen) atoms. The predicted molar refractivity (Wildman–Crippen MR) is 103 cm³/mol. The molecule has 142 valence electrons. The average molecular weight is 357 g/mol. The molecule has 2 bridgehead atoms. The van der Waals surface area contributed by atoms with Crippen LogP contribution in [0.3, 0.4) is 0 Å². The zero-order chi connectivity index (χ0) is 18.1. The summed E-state index contributed by atoms with van der Waals surface area (Å²) in [4.78, 5) is 16.0. The minimum atomic E-state index is -0.190. The van der Waals surface area contributed by atoms with E-state index in [9.17, 15) is 4.79 Å². The van der Waals surface area contributed by atoms with Crippen LogP contribution in [0.2, 0.25) is 0 Å². The van der Waals surface area contributed by atoms with Crippen LogP contribution in [-0.4, -0.2) is 44.1 Å². The third kappa shape index (κ3) is 3.13. The van der Waals surface area contributed by atoms with Gasteiger partial charge in [-0.25, -0.2) is 0 Å². The van der Waals surface area contributed by atoms with Crippen molar-refractivity contribution < 1.29 is 9.53 Å². The van der Waals surface area contributed by atoms with Gasteiger partial charge in [-0.2, -0.15) is 0 Å². The summed E-state index contributed by atoms with van der Waals surface area (Å²) >= 11 is 0. The molecule has 1 heterocycles. The van der Waals surface area contributed by atoms with Crippen LogP contribution >= 0.6 is 0 Å². The molecular formula is C22H32N2O2. The number of hydrogen-bond donors (Lipinski definition) is 1. The highest BCUT2D eigenvalue weighted by Gasteiger charge is 2.56. The second kappa shape index (κ2) is 7.22. The zero-order valence-corrected chi connectivity index (χ0v) is 16.2. The molecule has 1 aromatic rings. The molecule has 4 nitrogen and oxygen atoms in total. The van der Waals surface area contributed by atoms with E-state index in [-0.39, 0.29) is 5.41 Å². The van der Waals surface area contributed by atoms with E-state index in [2.05, 4.69) is 28.4 Å². The van der Waals surface area contributed by atoms with Crippen molar-refractivity contribution in [3.8, 4) is 5.75 Å². The first-order valence-corrected chi connectivity index (χ1v) is 10.2. The van der Waals surface area contributed by atoms with Gasteiger partial charge in [0.25, 0.3) is 0 Å². The van der Waals surface area contributed by atoms with Crippen molar-refractivity contribution in [2.45, 2.75) is 51.0 Å². The number of carbonyl (C=O) groups is 1. The summed E-state index contributed by atoms with van der Waals surface area (Å²) < 4.78 is 5.42. The van der Waals surface area contributed by atoms with E-state index < -0.39 is 0 Å².